The number of aryl methyl sites for hydroxylation is 1. The van der Waals surface area contributed by atoms with Crippen LogP contribution in [-0.4, -0.2) is 43.2 Å². The number of nitrogens with zero attached hydrogens (tertiary/aromatic N) is 5. The standard InChI is InChI=1S/C20H23FN6O2/c1-12(22)4-5-16-14(9-13(21)10-23-16)17-3-2-7-26(17)18-6-8-27-19(25-18)15(11-24-27)20(28)29/h6,8-12,17H,2-5,7,22H2,1H3,(H,28,29)/t12-,17?/m1/s1/i2D2. The molecular weight excluding hydrogens is 375 g/mol. The molecule has 1 saturated heterocycles. The number of carboxylic acid groups (broad SMARTS) is 1. The molecule has 8 nitrogen and oxygen atoms in total. The number of aromatic carboxylic acids is 1. The minimum Gasteiger partial charge on any atom is -0.477 e. The molecule has 1 aliphatic rings. The average Bonchev–Trinajstić information content (AvgIpc) is 3.26. The normalized spacial score (nSPS) is 20.5. The number of nitrogens with two attached hydrogens (primary N) is 1. The van der Waals surface area contributed by atoms with Gasteiger partial charge in [-0.2, -0.15) is 5.10 Å². The molecule has 4 rings (SSSR count). The molecule has 1 unspecified atom stereocenters. The van der Waals surface area contributed by atoms with Gasteiger partial charge in [0.05, 0.1) is 18.4 Å². The summed E-state index contributed by atoms with van der Waals surface area (Å²) in [7, 11) is 0. The second-order valence-corrected chi connectivity index (χ2v) is 7.22. The van der Waals surface area contributed by atoms with Crippen molar-refractivity contribution in [1.82, 2.24) is 19.6 Å². The van der Waals surface area contributed by atoms with Crippen LogP contribution >= 0.6 is 0 Å². The molecular formula is C20H23FN6O2. The first-order valence-corrected chi connectivity index (χ1v) is 9.39. The molecule has 0 spiro atoms. The largest absolute Gasteiger partial charge is 0.477 e. The van der Waals surface area contributed by atoms with E-state index in [1.807, 2.05) is 6.92 Å². The number of aromatic nitrogens is 4. The van der Waals surface area contributed by atoms with Gasteiger partial charge in [0, 0.05) is 27.2 Å². The maximum absolute atomic E-state index is 14.1. The van der Waals surface area contributed by atoms with Crippen LogP contribution in [0.5, 0.6) is 0 Å². The summed E-state index contributed by atoms with van der Waals surface area (Å²) < 4.78 is 32.2. The minimum absolute atomic E-state index is 0.0284. The van der Waals surface area contributed by atoms with Gasteiger partial charge in [0.1, 0.15) is 17.2 Å². The lowest BCUT2D eigenvalue weighted by molar-refractivity contribution is 0.0698. The van der Waals surface area contributed by atoms with E-state index in [1.165, 1.54) is 16.8 Å². The van der Waals surface area contributed by atoms with Crippen LogP contribution in [0, 0.1) is 5.82 Å². The molecule has 1 fully saturated rings. The Kier molecular flexibility index (Phi) is 4.50. The molecule has 3 aromatic heterocycles. The highest BCUT2D eigenvalue weighted by atomic mass is 19.1. The van der Waals surface area contributed by atoms with Gasteiger partial charge in [0.15, 0.2) is 5.65 Å². The summed E-state index contributed by atoms with van der Waals surface area (Å²) >= 11 is 0. The van der Waals surface area contributed by atoms with E-state index >= 15 is 0 Å². The Morgan fingerprint density at radius 1 is 1.52 bits per heavy atom. The van der Waals surface area contributed by atoms with Crippen LogP contribution in [0.4, 0.5) is 10.2 Å². The number of halogens is 1. The van der Waals surface area contributed by atoms with E-state index in [4.69, 9.17) is 8.48 Å². The molecule has 4 heterocycles. The van der Waals surface area contributed by atoms with E-state index in [0.29, 0.717) is 29.9 Å². The number of carboxylic acids is 1. The summed E-state index contributed by atoms with van der Waals surface area (Å²) in [5.74, 6) is -1.26. The molecule has 0 aliphatic carbocycles. The Morgan fingerprint density at radius 3 is 3.10 bits per heavy atom. The number of hydrogen-bond acceptors (Lipinski definition) is 6. The van der Waals surface area contributed by atoms with Crippen molar-refractivity contribution in [2.24, 2.45) is 5.73 Å². The van der Waals surface area contributed by atoms with Crippen molar-refractivity contribution < 1.29 is 17.0 Å². The monoisotopic (exact) mass is 400 g/mol. The van der Waals surface area contributed by atoms with Gasteiger partial charge in [-0.05, 0) is 50.3 Å². The molecule has 0 aromatic carbocycles. The van der Waals surface area contributed by atoms with Gasteiger partial charge in [-0.1, -0.05) is 0 Å². The molecule has 3 aromatic rings. The predicted octanol–water partition coefficient (Wildman–Crippen LogP) is 2.58. The Morgan fingerprint density at radius 2 is 2.34 bits per heavy atom. The summed E-state index contributed by atoms with van der Waals surface area (Å²) in [5.41, 5.74) is 7.25. The average molecular weight is 400 g/mol. The molecule has 0 saturated carbocycles. The second-order valence-electron chi connectivity index (χ2n) is 7.22. The van der Waals surface area contributed by atoms with E-state index in [9.17, 15) is 14.3 Å². The van der Waals surface area contributed by atoms with E-state index < -0.39 is 24.2 Å². The second kappa shape index (κ2) is 7.75. The van der Waals surface area contributed by atoms with Crippen LogP contribution in [-0.2, 0) is 6.42 Å². The first-order valence-electron chi connectivity index (χ1n) is 10.4. The zero-order valence-corrected chi connectivity index (χ0v) is 15.9. The lowest BCUT2D eigenvalue weighted by atomic mass is 9.98. The molecule has 0 amide bonds. The van der Waals surface area contributed by atoms with E-state index in [1.54, 1.807) is 17.2 Å². The highest BCUT2D eigenvalue weighted by molar-refractivity contribution is 5.94. The summed E-state index contributed by atoms with van der Waals surface area (Å²) in [6, 6.07) is 2.48. The Bertz CT molecular complexity index is 1140. The number of hydrogen-bond donors (Lipinski definition) is 2. The van der Waals surface area contributed by atoms with Gasteiger partial charge in [-0.25, -0.2) is 18.7 Å². The number of fused-ring (bicyclic) bond motifs is 1. The third-order valence-corrected chi connectivity index (χ3v) is 5.04. The third kappa shape index (κ3) is 3.77. The van der Waals surface area contributed by atoms with Crippen LogP contribution in [0.1, 0.15) is 56.5 Å². The van der Waals surface area contributed by atoms with Crippen LogP contribution in [0.2, 0.25) is 0 Å². The van der Waals surface area contributed by atoms with Crippen LogP contribution < -0.4 is 10.6 Å². The lowest BCUT2D eigenvalue weighted by Crippen LogP contribution is -2.25. The molecule has 3 N–H and O–H groups in total. The lowest BCUT2D eigenvalue weighted by Gasteiger charge is -2.27. The number of pyridine rings is 1. The summed E-state index contributed by atoms with van der Waals surface area (Å²) in [6.07, 6.45) is 3.74. The van der Waals surface area contributed by atoms with Crippen molar-refractivity contribution in [2.45, 2.75) is 44.6 Å². The fourth-order valence-corrected chi connectivity index (χ4v) is 3.58. The molecule has 1 aliphatic heterocycles. The maximum Gasteiger partial charge on any atom is 0.341 e. The van der Waals surface area contributed by atoms with Crippen LogP contribution in [0.15, 0.2) is 30.7 Å². The van der Waals surface area contributed by atoms with Crippen LogP contribution in [0.3, 0.4) is 0 Å². The zero-order chi connectivity index (χ0) is 22.3. The van der Waals surface area contributed by atoms with Gasteiger partial charge >= 0.3 is 5.97 Å². The Labute approximate surface area is 170 Å². The molecule has 2 atom stereocenters. The molecule has 0 radical (unpaired) electrons. The van der Waals surface area contributed by atoms with E-state index in [-0.39, 0.29) is 30.2 Å². The van der Waals surface area contributed by atoms with Gasteiger partial charge in [-0.3, -0.25) is 4.98 Å². The number of carbonyl (C=O) groups is 1. The van der Waals surface area contributed by atoms with Gasteiger partial charge in [0.25, 0.3) is 0 Å². The Hall–Kier alpha value is -3.07. The number of rotatable bonds is 6. The topological polar surface area (TPSA) is 110 Å². The minimum atomic E-state index is -1.54. The summed E-state index contributed by atoms with van der Waals surface area (Å²) in [5, 5.41) is 13.4. The third-order valence-electron chi connectivity index (χ3n) is 5.04. The molecule has 29 heavy (non-hydrogen) atoms. The number of anilines is 1. The van der Waals surface area contributed by atoms with Crippen molar-refractivity contribution in [1.29, 1.82) is 0 Å². The van der Waals surface area contributed by atoms with Crippen molar-refractivity contribution in [3.63, 3.8) is 0 Å². The van der Waals surface area contributed by atoms with Gasteiger partial charge in [0.2, 0.25) is 0 Å². The van der Waals surface area contributed by atoms with Crippen molar-refractivity contribution in [2.75, 3.05) is 11.4 Å². The highest BCUT2D eigenvalue weighted by Crippen LogP contribution is 2.37. The molecule has 0 bridgehead atoms. The fraction of sp³-hybridized carbons (Fsp3) is 0.400. The zero-order valence-electron chi connectivity index (χ0n) is 17.9. The fourth-order valence-electron chi connectivity index (χ4n) is 3.58. The van der Waals surface area contributed by atoms with Crippen molar-refractivity contribution >= 4 is 17.4 Å². The van der Waals surface area contributed by atoms with Crippen molar-refractivity contribution in [3.05, 3.63) is 53.4 Å². The summed E-state index contributed by atoms with van der Waals surface area (Å²) in [4.78, 5) is 21.9. The van der Waals surface area contributed by atoms with E-state index in [2.05, 4.69) is 15.1 Å². The molecule has 152 valence electrons. The SMILES string of the molecule is [2H]C1([2H])CC(c2cc(F)cnc2CC[C@@H](C)N)N(c2ccn3ncc(C(=O)O)c3n2)C1. The van der Waals surface area contributed by atoms with E-state index in [0.717, 1.165) is 6.20 Å². The first kappa shape index (κ1) is 16.8. The highest BCUT2D eigenvalue weighted by Gasteiger charge is 2.30. The van der Waals surface area contributed by atoms with Gasteiger partial charge in [-0.15, -0.1) is 0 Å². The van der Waals surface area contributed by atoms with Gasteiger partial charge < -0.3 is 15.7 Å². The Balaban J connectivity index is 1.78. The summed E-state index contributed by atoms with van der Waals surface area (Å²) in [6.45, 7) is 1.91. The first-order chi connectivity index (χ1) is 14.6. The van der Waals surface area contributed by atoms with Crippen LogP contribution in [0.25, 0.3) is 5.65 Å². The maximum atomic E-state index is 14.1. The van der Waals surface area contributed by atoms with Crippen molar-refractivity contribution in [3.8, 4) is 0 Å². The predicted molar refractivity (Wildman–Crippen MR) is 105 cm³/mol. The quantitative estimate of drug-likeness (QED) is 0.654. The smallest absolute Gasteiger partial charge is 0.341 e. The molecule has 9 heteroatoms.